The minimum absolute atomic E-state index is 0.0576. The monoisotopic (exact) mass is 554 g/mol. The molecule has 1 aliphatic heterocycles. The summed E-state index contributed by atoms with van der Waals surface area (Å²) in [5.74, 6) is 0.671. The van der Waals surface area contributed by atoms with E-state index in [0.717, 1.165) is 22.2 Å². The van der Waals surface area contributed by atoms with Crippen molar-refractivity contribution in [2.24, 2.45) is 0 Å². The first-order valence-corrected chi connectivity index (χ1v) is 15.2. The van der Waals surface area contributed by atoms with Crippen molar-refractivity contribution in [2.45, 2.75) is 28.6 Å². The van der Waals surface area contributed by atoms with Crippen molar-refractivity contribution in [2.75, 3.05) is 11.5 Å². The summed E-state index contributed by atoms with van der Waals surface area (Å²) in [6.07, 6.45) is 0.884. The van der Waals surface area contributed by atoms with Crippen LogP contribution in [0.4, 0.5) is 5.82 Å². The van der Waals surface area contributed by atoms with Crippen LogP contribution in [0.2, 0.25) is 0 Å². The number of carbonyl (C=O) groups excluding carboxylic acids is 1. The lowest BCUT2D eigenvalue weighted by molar-refractivity contribution is -0.118. The molecular formula is C30H26N4OS3. The first kappa shape index (κ1) is 25.0. The quantitative estimate of drug-likeness (QED) is 0.170. The zero-order chi connectivity index (χ0) is 25.9. The number of thioether (sulfide) groups is 2. The summed E-state index contributed by atoms with van der Waals surface area (Å²) < 4.78 is 0. The maximum absolute atomic E-state index is 12.4. The number of amides is 1. The number of anilines is 1. The fourth-order valence-corrected chi connectivity index (χ4v) is 8.48. The van der Waals surface area contributed by atoms with Gasteiger partial charge in [0.2, 0.25) is 5.91 Å². The van der Waals surface area contributed by atoms with E-state index < -0.39 is 0 Å². The van der Waals surface area contributed by atoms with Crippen LogP contribution in [-0.4, -0.2) is 21.6 Å². The topological polar surface area (TPSA) is 80.9 Å². The molecule has 1 aliphatic rings. The highest BCUT2D eigenvalue weighted by Crippen LogP contribution is 2.55. The van der Waals surface area contributed by atoms with Gasteiger partial charge in [-0.2, -0.15) is 0 Å². The van der Waals surface area contributed by atoms with E-state index in [9.17, 15) is 4.79 Å². The molecule has 5 nitrogen and oxygen atoms in total. The van der Waals surface area contributed by atoms with Gasteiger partial charge in [0, 0.05) is 16.7 Å². The zero-order valence-electron chi connectivity index (χ0n) is 20.5. The van der Waals surface area contributed by atoms with E-state index in [4.69, 9.17) is 10.7 Å². The van der Waals surface area contributed by atoms with Crippen molar-refractivity contribution in [1.82, 2.24) is 15.3 Å². The van der Waals surface area contributed by atoms with Crippen molar-refractivity contribution in [3.05, 3.63) is 118 Å². The molecule has 0 fully saturated rings. The van der Waals surface area contributed by atoms with Crippen LogP contribution < -0.4 is 11.1 Å². The molecule has 1 amide bonds. The van der Waals surface area contributed by atoms with Gasteiger partial charge in [0.15, 0.2) is 5.16 Å². The molecule has 3 aromatic carbocycles. The Morgan fingerprint density at radius 1 is 0.921 bits per heavy atom. The van der Waals surface area contributed by atoms with Gasteiger partial charge in [0.25, 0.3) is 0 Å². The van der Waals surface area contributed by atoms with E-state index >= 15 is 0 Å². The number of carbonyl (C=O) groups is 1. The number of fused-ring (bicyclic) bond motifs is 3. The third kappa shape index (κ3) is 5.29. The van der Waals surface area contributed by atoms with Crippen LogP contribution in [0, 0.1) is 0 Å². The minimum Gasteiger partial charge on any atom is -0.383 e. The molecule has 0 aliphatic carbocycles. The third-order valence-electron chi connectivity index (χ3n) is 6.56. The smallest absolute Gasteiger partial charge is 0.230 e. The number of aromatic nitrogens is 2. The predicted octanol–water partition coefficient (Wildman–Crippen LogP) is 6.80. The molecule has 8 heteroatoms. The third-order valence-corrected chi connectivity index (χ3v) is 10.3. The van der Waals surface area contributed by atoms with Gasteiger partial charge >= 0.3 is 0 Å². The number of nitrogen functional groups attached to an aromatic ring is 1. The molecule has 0 spiro atoms. The predicted molar refractivity (Wildman–Crippen MR) is 160 cm³/mol. The molecule has 3 heterocycles. The Hall–Kier alpha value is -3.33. The van der Waals surface area contributed by atoms with Gasteiger partial charge in [-0.15, -0.1) is 23.1 Å². The van der Waals surface area contributed by atoms with E-state index in [0.29, 0.717) is 22.8 Å². The molecule has 38 heavy (non-hydrogen) atoms. The maximum Gasteiger partial charge on any atom is 0.230 e. The standard InChI is InChI=1S/C30H26N4OS3/c31-28-25-22-16-23(20-12-6-2-7-13-20)37-26(21-14-8-3-9-15-21)27(22)38-29(25)34-30(33-28)36-18-24(35)32-17-19-10-4-1-5-11-19/h1-15,23,26H,16-18H2,(H,32,35)(H2,31,33,34)/t23-,26-/m0/s1. The largest absolute Gasteiger partial charge is 0.383 e. The van der Waals surface area contributed by atoms with Crippen LogP contribution in [0.1, 0.15) is 37.6 Å². The second-order valence-electron chi connectivity index (χ2n) is 9.10. The van der Waals surface area contributed by atoms with Crippen LogP contribution >= 0.6 is 34.9 Å². The lowest BCUT2D eigenvalue weighted by atomic mass is 9.98. The summed E-state index contributed by atoms with van der Waals surface area (Å²) in [6.45, 7) is 0.501. The Kier molecular flexibility index (Phi) is 7.35. The summed E-state index contributed by atoms with van der Waals surface area (Å²) >= 11 is 5.01. The molecule has 0 saturated heterocycles. The number of nitrogens with two attached hydrogens (primary N) is 1. The number of nitrogens with one attached hydrogen (secondary N) is 1. The molecule has 2 aromatic heterocycles. The average molecular weight is 555 g/mol. The molecule has 190 valence electrons. The fraction of sp³-hybridized carbons (Fsp3) is 0.167. The first-order valence-electron chi connectivity index (χ1n) is 12.4. The summed E-state index contributed by atoms with van der Waals surface area (Å²) in [5, 5.41) is 4.97. The molecule has 2 atom stereocenters. The highest BCUT2D eigenvalue weighted by atomic mass is 32.2. The van der Waals surface area contributed by atoms with Crippen LogP contribution in [0.5, 0.6) is 0 Å². The number of hydrogen-bond acceptors (Lipinski definition) is 7. The fourth-order valence-electron chi connectivity index (χ4n) is 4.72. The van der Waals surface area contributed by atoms with Crippen molar-refractivity contribution in [3.8, 4) is 0 Å². The van der Waals surface area contributed by atoms with Crippen LogP contribution in [-0.2, 0) is 17.8 Å². The Labute approximate surface area is 234 Å². The average Bonchev–Trinajstić information content (AvgIpc) is 3.35. The maximum atomic E-state index is 12.4. The first-order chi connectivity index (χ1) is 18.7. The normalized spacial score (nSPS) is 16.7. The highest BCUT2D eigenvalue weighted by molar-refractivity contribution is 8.00. The summed E-state index contributed by atoms with van der Waals surface area (Å²) in [6, 6.07) is 31.2. The SMILES string of the molecule is Nc1nc(SCC(=O)NCc2ccccc2)nc2sc3c(c12)C[C@@H](c1ccccc1)S[C@H]3c1ccccc1. The van der Waals surface area contributed by atoms with Gasteiger partial charge in [0.05, 0.1) is 16.4 Å². The van der Waals surface area contributed by atoms with Crippen molar-refractivity contribution < 1.29 is 4.79 Å². The number of rotatable bonds is 7. The van der Waals surface area contributed by atoms with Crippen molar-refractivity contribution in [3.63, 3.8) is 0 Å². The highest BCUT2D eigenvalue weighted by Gasteiger charge is 2.34. The molecule has 6 rings (SSSR count). The molecule has 0 radical (unpaired) electrons. The second kappa shape index (κ2) is 11.2. The van der Waals surface area contributed by atoms with Gasteiger partial charge in [-0.3, -0.25) is 4.79 Å². The van der Waals surface area contributed by atoms with Gasteiger partial charge in [0.1, 0.15) is 10.6 Å². The summed E-state index contributed by atoms with van der Waals surface area (Å²) in [5.41, 5.74) is 11.5. The lowest BCUT2D eigenvalue weighted by Gasteiger charge is -2.30. The van der Waals surface area contributed by atoms with E-state index in [1.165, 1.54) is 33.3 Å². The van der Waals surface area contributed by atoms with Gasteiger partial charge in [-0.05, 0) is 28.7 Å². The van der Waals surface area contributed by atoms with Crippen LogP contribution in [0.25, 0.3) is 10.2 Å². The molecule has 0 bridgehead atoms. The Bertz CT molecular complexity index is 1560. The van der Waals surface area contributed by atoms with E-state index in [1.807, 2.05) is 42.1 Å². The number of hydrogen-bond donors (Lipinski definition) is 2. The van der Waals surface area contributed by atoms with Gasteiger partial charge < -0.3 is 11.1 Å². The van der Waals surface area contributed by atoms with Crippen molar-refractivity contribution >= 4 is 56.8 Å². The number of benzene rings is 3. The van der Waals surface area contributed by atoms with E-state index in [2.05, 4.69) is 71.0 Å². The lowest BCUT2D eigenvalue weighted by Crippen LogP contribution is -2.24. The van der Waals surface area contributed by atoms with Gasteiger partial charge in [-0.1, -0.05) is 103 Å². The molecule has 0 saturated carbocycles. The summed E-state index contributed by atoms with van der Waals surface area (Å²) in [4.78, 5) is 24.1. The van der Waals surface area contributed by atoms with Crippen molar-refractivity contribution in [1.29, 1.82) is 0 Å². The molecular weight excluding hydrogens is 529 g/mol. The van der Waals surface area contributed by atoms with Gasteiger partial charge in [-0.25, -0.2) is 9.97 Å². The minimum atomic E-state index is -0.0576. The number of thiophene rings is 1. The van der Waals surface area contributed by atoms with E-state index in [1.54, 1.807) is 11.3 Å². The van der Waals surface area contributed by atoms with Crippen LogP contribution in [0.3, 0.4) is 0 Å². The molecule has 5 aromatic rings. The summed E-state index contributed by atoms with van der Waals surface area (Å²) in [7, 11) is 0. The molecule has 3 N–H and O–H groups in total. The Morgan fingerprint density at radius 3 is 2.29 bits per heavy atom. The van der Waals surface area contributed by atoms with E-state index in [-0.39, 0.29) is 16.9 Å². The Morgan fingerprint density at radius 2 is 1.58 bits per heavy atom. The van der Waals surface area contributed by atoms with Crippen LogP contribution in [0.15, 0.2) is 96.2 Å². The zero-order valence-corrected chi connectivity index (χ0v) is 23.0. The Balaban J connectivity index is 1.27. The number of nitrogens with zero attached hydrogens (tertiary/aromatic N) is 2. The second-order valence-corrected chi connectivity index (χ2v) is 12.4. The molecule has 0 unspecified atom stereocenters.